The molecule has 0 radical (unpaired) electrons. The topological polar surface area (TPSA) is 189 Å². The Morgan fingerprint density at radius 3 is 1.22 bits per heavy atom. The number of allylic oxidation sites excluding steroid dienone is 6. The molecule has 11 nitrogen and oxygen atoms in total. The molecule has 73 heavy (non-hydrogen) atoms. The zero-order valence-electron chi connectivity index (χ0n) is 47.1. The molecule has 9 unspecified atom stereocenters. The lowest BCUT2D eigenvalue weighted by atomic mass is 9.98. The Labute approximate surface area is 447 Å². The standard InChI is InChI=1S/C62H117NO10/c1-3-5-7-9-11-13-15-17-19-21-23-25-27-28-30-32-34-36-38-40-42-44-46-48-50-55(66)61(71)63-53(52-72-62-60(70)59(69)58(68)56(51-64)73-62)57(67)54(65)49-47-45-43-41-39-37-35-33-31-29-26-24-22-20-18-16-14-12-10-8-6-4-2/h28,30,33,35,41,43,53-60,62,64-70H,3-27,29,31-32,34,36-40,42,44-52H2,1-2H3,(H,63,71)/b30-28-,35-33+,43-41+. The summed E-state index contributed by atoms with van der Waals surface area (Å²) in [6.07, 6.45) is 52.0. The molecule has 0 aromatic carbocycles. The number of aliphatic hydroxyl groups excluding tert-OH is 7. The third-order valence-corrected chi connectivity index (χ3v) is 14.9. The van der Waals surface area contributed by atoms with E-state index in [0.29, 0.717) is 19.3 Å². The van der Waals surface area contributed by atoms with Crippen LogP contribution in [0.5, 0.6) is 0 Å². The fourth-order valence-corrected chi connectivity index (χ4v) is 9.87. The SMILES string of the molecule is CCCCCCCCCCCCCC/C=C\CCCCCCCCCCC(O)C(=O)NC(COC1OC(CO)C(O)C(O)C1O)C(O)C(O)CCC/C=C/CC/C=C/CCCCCCCCCCCCCCC. The molecule has 1 heterocycles. The molecule has 430 valence electrons. The summed E-state index contributed by atoms with van der Waals surface area (Å²) in [7, 11) is 0. The van der Waals surface area contributed by atoms with E-state index in [1.165, 1.54) is 193 Å². The van der Waals surface area contributed by atoms with E-state index in [2.05, 4.69) is 55.6 Å². The van der Waals surface area contributed by atoms with Crippen molar-refractivity contribution in [2.24, 2.45) is 0 Å². The van der Waals surface area contributed by atoms with Gasteiger partial charge in [-0.25, -0.2) is 0 Å². The molecule has 1 fully saturated rings. The van der Waals surface area contributed by atoms with Crippen molar-refractivity contribution in [3.05, 3.63) is 36.5 Å². The summed E-state index contributed by atoms with van der Waals surface area (Å²) in [6.45, 7) is 3.47. The summed E-state index contributed by atoms with van der Waals surface area (Å²) in [5.41, 5.74) is 0. The van der Waals surface area contributed by atoms with E-state index in [-0.39, 0.29) is 12.8 Å². The van der Waals surface area contributed by atoms with E-state index in [4.69, 9.17) is 9.47 Å². The molecule has 1 rings (SSSR count). The molecular weight excluding hydrogens is 919 g/mol. The van der Waals surface area contributed by atoms with Gasteiger partial charge in [-0.15, -0.1) is 0 Å². The van der Waals surface area contributed by atoms with Crippen molar-refractivity contribution >= 4 is 5.91 Å². The lowest BCUT2D eigenvalue weighted by molar-refractivity contribution is -0.303. The van der Waals surface area contributed by atoms with Crippen LogP contribution in [-0.4, -0.2) is 110 Å². The van der Waals surface area contributed by atoms with Crippen molar-refractivity contribution in [3.8, 4) is 0 Å². The molecule has 1 amide bonds. The number of hydrogen-bond donors (Lipinski definition) is 8. The minimum absolute atomic E-state index is 0.246. The van der Waals surface area contributed by atoms with Crippen LogP contribution in [0.4, 0.5) is 0 Å². The van der Waals surface area contributed by atoms with E-state index in [1.807, 2.05) is 0 Å². The molecule has 0 aliphatic carbocycles. The van der Waals surface area contributed by atoms with Crippen molar-refractivity contribution in [2.75, 3.05) is 13.2 Å². The molecule has 0 saturated carbocycles. The number of hydrogen-bond acceptors (Lipinski definition) is 10. The van der Waals surface area contributed by atoms with Crippen LogP contribution in [-0.2, 0) is 14.3 Å². The summed E-state index contributed by atoms with van der Waals surface area (Å²) in [6, 6.07) is -1.19. The summed E-state index contributed by atoms with van der Waals surface area (Å²) >= 11 is 0. The highest BCUT2D eigenvalue weighted by molar-refractivity contribution is 5.80. The van der Waals surface area contributed by atoms with Gasteiger partial charge < -0.3 is 50.5 Å². The monoisotopic (exact) mass is 1040 g/mol. The van der Waals surface area contributed by atoms with Crippen molar-refractivity contribution in [1.82, 2.24) is 5.32 Å². The van der Waals surface area contributed by atoms with Crippen LogP contribution in [0.25, 0.3) is 0 Å². The Morgan fingerprint density at radius 1 is 0.466 bits per heavy atom. The molecule has 1 aliphatic heterocycles. The number of ether oxygens (including phenoxy) is 2. The Balaban J connectivity index is 2.31. The highest BCUT2D eigenvalue weighted by atomic mass is 16.7. The highest BCUT2D eigenvalue weighted by Gasteiger charge is 2.44. The van der Waals surface area contributed by atoms with Gasteiger partial charge in [-0.2, -0.15) is 0 Å². The number of aliphatic hydroxyl groups is 7. The summed E-state index contributed by atoms with van der Waals surface area (Å²) in [5, 5.41) is 76.2. The van der Waals surface area contributed by atoms with Gasteiger partial charge in [-0.1, -0.05) is 243 Å². The van der Waals surface area contributed by atoms with Gasteiger partial charge >= 0.3 is 0 Å². The van der Waals surface area contributed by atoms with E-state index in [9.17, 15) is 40.5 Å². The van der Waals surface area contributed by atoms with Crippen molar-refractivity contribution < 1.29 is 50.0 Å². The fraction of sp³-hybridized carbons (Fsp3) is 0.887. The number of nitrogens with one attached hydrogen (secondary N) is 1. The third kappa shape index (κ3) is 39.4. The molecule has 0 bridgehead atoms. The smallest absolute Gasteiger partial charge is 0.249 e. The largest absolute Gasteiger partial charge is 0.394 e. The predicted molar refractivity (Wildman–Crippen MR) is 302 cm³/mol. The molecule has 0 aromatic rings. The van der Waals surface area contributed by atoms with Crippen LogP contribution in [0.3, 0.4) is 0 Å². The van der Waals surface area contributed by atoms with Gasteiger partial charge in [0.2, 0.25) is 5.91 Å². The Hall–Kier alpha value is -1.67. The Kier molecular flexibility index (Phi) is 48.5. The minimum atomic E-state index is -1.67. The Morgan fingerprint density at radius 2 is 0.822 bits per heavy atom. The summed E-state index contributed by atoms with van der Waals surface area (Å²) in [5.74, 6) is -0.710. The Bertz CT molecular complexity index is 1280. The normalized spacial score (nSPS) is 20.2. The summed E-state index contributed by atoms with van der Waals surface area (Å²) in [4.78, 5) is 13.2. The van der Waals surface area contributed by atoms with E-state index < -0.39 is 74.2 Å². The molecule has 1 saturated heterocycles. The van der Waals surface area contributed by atoms with Crippen LogP contribution in [0, 0.1) is 0 Å². The lowest BCUT2D eigenvalue weighted by Gasteiger charge is -2.40. The van der Waals surface area contributed by atoms with Crippen LogP contribution in [0.15, 0.2) is 36.5 Å². The van der Waals surface area contributed by atoms with Gasteiger partial charge in [-0.05, 0) is 77.0 Å². The lowest BCUT2D eigenvalue weighted by Crippen LogP contribution is -2.60. The zero-order chi connectivity index (χ0) is 53.3. The van der Waals surface area contributed by atoms with Crippen LogP contribution in [0.2, 0.25) is 0 Å². The van der Waals surface area contributed by atoms with Crippen LogP contribution >= 0.6 is 0 Å². The van der Waals surface area contributed by atoms with Crippen molar-refractivity contribution in [1.29, 1.82) is 0 Å². The second-order valence-corrected chi connectivity index (χ2v) is 21.8. The van der Waals surface area contributed by atoms with E-state index in [0.717, 1.165) is 44.9 Å². The molecule has 8 N–H and O–H groups in total. The van der Waals surface area contributed by atoms with Gasteiger partial charge in [0.15, 0.2) is 6.29 Å². The molecule has 9 atom stereocenters. The van der Waals surface area contributed by atoms with Crippen molar-refractivity contribution in [3.63, 3.8) is 0 Å². The second-order valence-electron chi connectivity index (χ2n) is 21.8. The quantitative estimate of drug-likeness (QED) is 0.0215. The molecular formula is C62H117NO10. The molecule has 1 aliphatic rings. The first-order valence-corrected chi connectivity index (χ1v) is 30.9. The minimum Gasteiger partial charge on any atom is -0.394 e. The first kappa shape index (κ1) is 69.3. The summed E-state index contributed by atoms with van der Waals surface area (Å²) < 4.78 is 11.1. The maximum Gasteiger partial charge on any atom is 0.249 e. The maximum absolute atomic E-state index is 13.2. The van der Waals surface area contributed by atoms with Gasteiger partial charge in [0, 0.05) is 0 Å². The van der Waals surface area contributed by atoms with Crippen LogP contribution < -0.4 is 5.32 Å². The number of amides is 1. The first-order valence-electron chi connectivity index (χ1n) is 30.9. The third-order valence-electron chi connectivity index (χ3n) is 14.9. The van der Waals surface area contributed by atoms with E-state index in [1.54, 1.807) is 0 Å². The number of carbonyl (C=O) groups excluding carboxylic acids is 1. The average Bonchev–Trinajstić information content (AvgIpc) is 3.39. The maximum atomic E-state index is 13.2. The molecule has 0 aromatic heterocycles. The van der Waals surface area contributed by atoms with Gasteiger partial charge in [-0.3, -0.25) is 4.79 Å². The van der Waals surface area contributed by atoms with Crippen LogP contribution in [0.1, 0.15) is 284 Å². The fourth-order valence-electron chi connectivity index (χ4n) is 9.87. The van der Waals surface area contributed by atoms with Gasteiger partial charge in [0.1, 0.15) is 36.6 Å². The average molecular weight is 1040 g/mol. The number of unbranched alkanes of at least 4 members (excludes halogenated alkanes) is 35. The molecule has 0 spiro atoms. The zero-order valence-corrected chi connectivity index (χ0v) is 47.1. The van der Waals surface area contributed by atoms with Gasteiger partial charge in [0.25, 0.3) is 0 Å². The molecule has 11 heteroatoms. The second kappa shape index (κ2) is 51.1. The first-order chi connectivity index (χ1) is 35.7. The van der Waals surface area contributed by atoms with Gasteiger partial charge in [0.05, 0.1) is 25.4 Å². The van der Waals surface area contributed by atoms with E-state index >= 15 is 0 Å². The highest BCUT2D eigenvalue weighted by Crippen LogP contribution is 2.23. The number of rotatable bonds is 53. The number of carbonyl (C=O) groups is 1. The predicted octanol–water partition coefficient (Wildman–Crippen LogP) is 13.5. The van der Waals surface area contributed by atoms with Crippen molar-refractivity contribution in [2.45, 2.75) is 339 Å².